The van der Waals surface area contributed by atoms with Gasteiger partial charge in [0.2, 0.25) is 5.91 Å². The van der Waals surface area contributed by atoms with Crippen molar-refractivity contribution in [2.24, 2.45) is 11.7 Å². The molecule has 0 saturated carbocycles. The Morgan fingerprint density at radius 3 is 2.75 bits per heavy atom. The monoisotopic (exact) mass is 275 g/mol. The maximum Gasteiger partial charge on any atom is 0.241 e. The fraction of sp³-hybridized carbons (Fsp3) is 0.562. The molecule has 0 aromatic heterocycles. The minimum absolute atomic E-state index is 0.0480. The molecule has 1 aliphatic heterocycles. The summed E-state index contributed by atoms with van der Waals surface area (Å²) in [5.74, 6) is 0.712. The van der Waals surface area contributed by atoms with Crippen molar-refractivity contribution < 1.29 is 4.79 Å². The van der Waals surface area contributed by atoms with Crippen molar-refractivity contribution >= 4 is 11.6 Å². The lowest BCUT2D eigenvalue weighted by Crippen LogP contribution is -2.44. The lowest BCUT2D eigenvalue weighted by atomic mass is 10.1. The molecule has 0 radical (unpaired) electrons. The highest BCUT2D eigenvalue weighted by Gasteiger charge is 2.32. The van der Waals surface area contributed by atoms with Crippen molar-refractivity contribution in [3.8, 4) is 0 Å². The molecule has 0 bridgehead atoms. The van der Waals surface area contributed by atoms with Gasteiger partial charge in [0.1, 0.15) is 0 Å². The molecule has 1 aliphatic rings. The molecule has 1 saturated heterocycles. The lowest BCUT2D eigenvalue weighted by molar-refractivity contribution is -0.121. The molecule has 3 unspecified atom stereocenters. The van der Waals surface area contributed by atoms with E-state index in [9.17, 15) is 4.79 Å². The van der Waals surface area contributed by atoms with Gasteiger partial charge in [-0.25, -0.2) is 0 Å². The normalized spacial score (nSPS) is 24.6. The largest absolute Gasteiger partial charge is 0.326 e. The van der Waals surface area contributed by atoms with Crippen molar-refractivity contribution in [1.29, 1.82) is 0 Å². The summed E-state index contributed by atoms with van der Waals surface area (Å²) in [4.78, 5) is 14.7. The van der Waals surface area contributed by atoms with Crippen LogP contribution in [0.3, 0.4) is 0 Å². The Balaban J connectivity index is 2.04. The Hall–Kier alpha value is -1.39. The Morgan fingerprint density at radius 1 is 1.45 bits per heavy atom. The van der Waals surface area contributed by atoms with E-state index in [0.29, 0.717) is 18.5 Å². The van der Waals surface area contributed by atoms with E-state index >= 15 is 0 Å². The van der Waals surface area contributed by atoms with Crippen LogP contribution in [0.15, 0.2) is 24.3 Å². The molecule has 0 aliphatic carbocycles. The van der Waals surface area contributed by atoms with E-state index < -0.39 is 0 Å². The van der Waals surface area contributed by atoms with Gasteiger partial charge in [0.05, 0.1) is 6.04 Å². The second kappa shape index (κ2) is 6.37. The van der Waals surface area contributed by atoms with Crippen LogP contribution in [0, 0.1) is 5.92 Å². The summed E-state index contributed by atoms with van der Waals surface area (Å²) in [6, 6.07) is 8.06. The zero-order chi connectivity index (χ0) is 14.7. The zero-order valence-electron chi connectivity index (χ0n) is 12.6. The molecule has 0 spiro atoms. The lowest BCUT2D eigenvalue weighted by Gasteiger charge is -2.27. The SMILES string of the molecule is CC1CC(C)N(C(C)C(=O)Nc2ccccc2CN)C1. The quantitative estimate of drug-likeness (QED) is 0.885. The van der Waals surface area contributed by atoms with Crippen LogP contribution in [0.25, 0.3) is 0 Å². The third-order valence-corrected chi connectivity index (χ3v) is 4.20. The molecule has 1 aromatic rings. The number of nitrogens with two attached hydrogens (primary N) is 1. The molecular weight excluding hydrogens is 250 g/mol. The van der Waals surface area contributed by atoms with Gasteiger partial charge in [0.15, 0.2) is 0 Å². The number of benzene rings is 1. The number of carbonyl (C=O) groups excluding carboxylic acids is 1. The summed E-state index contributed by atoms with van der Waals surface area (Å²) in [5, 5.41) is 3.01. The smallest absolute Gasteiger partial charge is 0.241 e. The van der Waals surface area contributed by atoms with Crippen LogP contribution in [-0.2, 0) is 11.3 Å². The fourth-order valence-corrected chi connectivity index (χ4v) is 3.08. The van der Waals surface area contributed by atoms with Gasteiger partial charge in [-0.3, -0.25) is 9.69 Å². The molecule has 4 nitrogen and oxygen atoms in total. The number of carbonyl (C=O) groups is 1. The van der Waals surface area contributed by atoms with Crippen LogP contribution in [-0.4, -0.2) is 29.4 Å². The predicted octanol–water partition coefficient (Wildman–Crippen LogP) is 2.20. The van der Waals surface area contributed by atoms with Crippen molar-refractivity contribution in [1.82, 2.24) is 4.90 Å². The van der Waals surface area contributed by atoms with E-state index in [0.717, 1.165) is 24.2 Å². The van der Waals surface area contributed by atoms with Gasteiger partial charge >= 0.3 is 0 Å². The second-order valence-electron chi connectivity index (χ2n) is 5.91. The number of anilines is 1. The number of nitrogens with one attached hydrogen (secondary N) is 1. The zero-order valence-corrected chi connectivity index (χ0v) is 12.6. The van der Waals surface area contributed by atoms with Crippen LogP contribution < -0.4 is 11.1 Å². The van der Waals surface area contributed by atoms with Gasteiger partial charge in [-0.15, -0.1) is 0 Å². The van der Waals surface area contributed by atoms with E-state index in [1.165, 1.54) is 0 Å². The van der Waals surface area contributed by atoms with E-state index in [1.54, 1.807) is 0 Å². The summed E-state index contributed by atoms with van der Waals surface area (Å²) in [6.07, 6.45) is 1.16. The minimum Gasteiger partial charge on any atom is -0.326 e. The van der Waals surface area contributed by atoms with Gasteiger partial charge in [-0.05, 0) is 37.8 Å². The summed E-state index contributed by atoms with van der Waals surface area (Å²) in [5.41, 5.74) is 7.50. The Bertz CT molecular complexity index is 475. The number of rotatable bonds is 4. The van der Waals surface area contributed by atoms with Gasteiger partial charge < -0.3 is 11.1 Å². The third-order valence-electron chi connectivity index (χ3n) is 4.20. The number of hydrogen-bond donors (Lipinski definition) is 2. The maximum atomic E-state index is 12.4. The highest BCUT2D eigenvalue weighted by atomic mass is 16.2. The first-order chi connectivity index (χ1) is 9.52. The highest BCUT2D eigenvalue weighted by Crippen LogP contribution is 2.25. The van der Waals surface area contributed by atoms with Gasteiger partial charge in [-0.2, -0.15) is 0 Å². The summed E-state index contributed by atoms with van der Waals surface area (Å²) >= 11 is 0. The molecule has 2 rings (SSSR count). The average molecular weight is 275 g/mol. The summed E-state index contributed by atoms with van der Waals surface area (Å²) in [6.45, 7) is 7.84. The van der Waals surface area contributed by atoms with E-state index in [2.05, 4.69) is 24.1 Å². The van der Waals surface area contributed by atoms with Gasteiger partial charge in [-0.1, -0.05) is 25.1 Å². The molecule has 1 heterocycles. The van der Waals surface area contributed by atoms with Crippen LogP contribution in [0.2, 0.25) is 0 Å². The Morgan fingerprint density at radius 2 is 2.15 bits per heavy atom. The average Bonchev–Trinajstić information content (AvgIpc) is 2.77. The van der Waals surface area contributed by atoms with Crippen molar-refractivity contribution in [2.45, 2.75) is 45.8 Å². The predicted molar refractivity (Wildman–Crippen MR) is 82.4 cm³/mol. The molecule has 110 valence electrons. The third kappa shape index (κ3) is 3.19. The highest BCUT2D eigenvalue weighted by molar-refractivity contribution is 5.95. The molecule has 1 amide bonds. The minimum atomic E-state index is -0.110. The molecule has 1 fully saturated rings. The first kappa shape index (κ1) is 15.0. The number of amides is 1. The van der Waals surface area contributed by atoms with Crippen LogP contribution in [0.1, 0.15) is 32.8 Å². The number of hydrogen-bond acceptors (Lipinski definition) is 3. The number of para-hydroxylation sites is 1. The van der Waals surface area contributed by atoms with E-state index in [4.69, 9.17) is 5.73 Å². The van der Waals surface area contributed by atoms with Crippen molar-refractivity contribution in [3.63, 3.8) is 0 Å². The van der Waals surface area contributed by atoms with Gasteiger partial charge in [0.25, 0.3) is 0 Å². The van der Waals surface area contributed by atoms with Gasteiger partial charge in [0, 0.05) is 24.8 Å². The van der Waals surface area contributed by atoms with Crippen LogP contribution in [0.5, 0.6) is 0 Å². The molecular formula is C16H25N3O. The van der Waals surface area contributed by atoms with Crippen LogP contribution >= 0.6 is 0 Å². The topological polar surface area (TPSA) is 58.4 Å². The maximum absolute atomic E-state index is 12.4. The van der Waals surface area contributed by atoms with Crippen LogP contribution in [0.4, 0.5) is 5.69 Å². The molecule has 3 atom stereocenters. The first-order valence-electron chi connectivity index (χ1n) is 7.37. The molecule has 3 N–H and O–H groups in total. The van der Waals surface area contributed by atoms with Crippen molar-refractivity contribution in [3.05, 3.63) is 29.8 Å². The number of nitrogens with zero attached hydrogens (tertiary/aromatic N) is 1. The molecule has 1 aromatic carbocycles. The van der Waals surface area contributed by atoms with Crippen molar-refractivity contribution in [2.75, 3.05) is 11.9 Å². The Kier molecular flexibility index (Phi) is 4.78. The number of likely N-dealkylation sites (tertiary alicyclic amines) is 1. The standard InChI is InChI=1S/C16H25N3O/c1-11-8-12(2)19(10-11)13(3)16(20)18-15-7-5-4-6-14(15)9-17/h4-7,11-13H,8-10,17H2,1-3H3,(H,18,20). The first-order valence-corrected chi connectivity index (χ1v) is 7.37. The van der Waals surface area contributed by atoms with E-state index in [1.807, 2.05) is 31.2 Å². The fourth-order valence-electron chi connectivity index (χ4n) is 3.08. The van der Waals surface area contributed by atoms with E-state index in [-0.39, 0.29) is 11.9 Å². The molecule has 4 heteroatoms. The second-order valence-corrected chi connectivity index (χ2v) is 5.91. The summed E-state index contributed by atoms with van der Waals surface area (Å²) < 4.78 is 0. The summed E-state index contributed by atoms with van der Waals surface area (Å²) in [7, 11) is 0. The Labute approximate surface area is 121 Å². The molecule has 20 heavy (non-hydrogen) atoms.